The molecule has 10 rings (SSSR count). The van der Waals surface area contributed by atoms with Crippen LogP contribution in [-0.2, 0) is 0 Å². The number of fused-ring (bicyclic) bond motifs is 5. The first kappa shape index (κ1) is 29.0. The molecule has 0 aliphatic carbocycles. The van der Waals surface area contributed by atoms with Crippen LogP contribution in [0.2, 0.25) is 0 Å². The van der Waals surface area contributed by atoms with Gasteiger partial charge in [-0.15, -0.1) is 0 Å². The third kappa shape index (κ3) is 5.22. The fourth-order valence-electron chi connectivity index (χ4n) is 7.14. The lowest BCUT2D eigenvalue weighted by Crippen LogP contribution is -2.01. The van der Waals surface area contributed by atoms with Gasteiger partial charge in [0, 0.05) is 27.5 Å². The van der Waals surface area contributed by atoms with E-state index in [0.29, 0.717) is 17.5 Å². The van der Waals surface area contributed by atoms with Crippen molar-refractivity contribution in [1.29, 1.82) is 0 Å². The van der Waals surface area contributed by atoms with E-state index in [1.54, 1.807) is 0 Å². The highest BCUT2D eigenvalue weighted by Gasteiger charge is 2.17. The Labute approximate surface area is 294 Å². The average molecular weight is 652 g/mol. The second-order valence-corrected chi connectivity index (χ2v) is 12.9. The van der Waals surface area contributed by atoms with Gasteiger partial charge in [0.25, 0.3) is 0 Å². The van der Waals surface area contributed by atoms with E-state index in [0.717, 1.165) is 77.0 Å². The number of hydrogen-bond acceptors (Lipinski definition) is 4. The predicted molar refractivity (Wildman–Crippen MR) is 209 cm³/mol. The highest BCUT2D eigenvalue weighted by Crippen LogP contribution is 2.36. The molecule has 0 fully saturated rings. The van der Waals surface area contributed by atoms with Gasteiger partial charge >= 0.3 is 0 Å². The fourth-order valence-corrected chi connectivity index (χ4v) is 7.14. The van der Waals surface area contributed by atoms with Crippen molar-refractivity contribution in [2.75, 3.05) is 0 Å². The molecule has 2 heterocycles. The van der Waals surface area contributed by atoms with Crippen molar-refractivity contribution in [3.63, 3.8) is 0 Å². The van der Waals surface area contributed by atoms with Crippen molar-refractivity contribution in [2.45, 2.75) is 0 Å². The quantitative estimate of drug-likeness (QED) is 0.186. The first-order valence-corrected chi connectivity index (χ1v) is 17.1. The Bertz CT molecular complexity index is 2910. The minimum Gasteiger partial charge on any atom is -0.456 e. The molecule has 0 aliphatic heterocycles. The smallest absolute Gasteiger partial charge is 0.164 e. The van der Waals surface area contributed by atoms with Gasteiger partial charge in [0.15, 0.2) is 17.5 Å². The Morgan fingerprint density at radius 2 is 0.902 bits per heavy atom. The number of nitrogens with zero attached hydrogens (tertiary/aromatic N) is 3. The van der Waals surface area contributed by atoms with Crippen LogP contribution in [0, 0.1) is 0 Å². The zero-order valence-electron chi connectivity index (χ0n) is 27.5. The van der Waals surface area contributed by atoms with Crippen molar-refractivity contribution in [1.82, 2.24) is 15.0 Å². The summed E-state index contributed by atoms with van der Waals surface area (Å²) >= 11 is 0. The van der Waals surface area contributed by atoms with Gasteiger partial charge < -0.3 is 4.42 Å². The van der Waals surface area contributed by atoms with E-state index in [1.165, 1.54) is 5.39 Å². The average Bonchev–Trinajstić information content (AvgIpc) is 3.57. The number of benzene rings is 8. The van der Waals surface area contributed by atoms with Crippen molar-refractivity contribution >= 4 is 43.5 Å². The fraction of sp³-hybridized carbons (Fsp3) is 0. The number of para-hydroxylation sites is 1. The Morgan fingerprint density at radius 1 is 0.294 bits per heavy atom. The van der Waals surface area contributed by atoms with Crippen molar-refractivity contribution in [3.8, 4) is 56.4 Å². The highest BCUT2D eigenvalue weighted by molar-refractivity contribution is 6.10. The summed E-state index contributed by atoms with van der Waals surface area (Å²) in [6.45, 7) is 0. The van der Waals surface area contributed by atoms with Crippen LogP contribution in [0.4, 0.5) is 0 Å². The summed E-state index contributed by atoms with van der Waals surface area (Å²) in [4.78, 5) is 15.5. The van der Waals surface area contributed by atoms with E-state index >= 15 is 0 Å². The van der Waals surface area contributed by atoms with E-state index in [2.05, 4.69) is 152 Å². The lowest BCUT2D eigenvalue weighted by molar-refractivity contribution is 0.669. The van der Waals surface area contributed by atoms with Gasteiger partial charge in [-0.1, -0.05) is 133 Å². The van der Waals surface area contributed by atoms with Gasteiger partial charge in [0.2, 0.25) is 0 Å². The number of hydrogen-bond donors (Lipinski definition) is 0. The molecule has 51 heavy (non-hydrogen) atoms. The Kier molecular flexibility index (Phi) is 6.78. The molecule has 0 atom stereocenters. The largest absolute Gasteiger partial charge is 0.456 e. The van der Waals surface area contributed by atoms with Crippen molar-refractivity contribution < 1.29 is 4.42 Å². The molecule has 2 aromatic heterocycles. The van der Waals surface area contributed by atoms with Gasteiger partial charge in [-0.05, 0) is 86.3 Å². The molecule has 0 saturated heterocycles. The lowest BCUT2D eigenvalue weighted by atomic mass is 9.95. The lowest BCUT2D eigenvalue weighted by Gasteiger charge is -2.13. The van der Waals surface area contributed by atoms with Crippen LogP contribution in [0.5, 0.6) is 0 Å². The van der Waals surface area contributed by atoms with Crippen LogP contribution in [0.15, 0.2) is 180 Å². The van der Waals surface area contributed by atoms with E-state index in [9.17, 15) is 0 Å². The number of rotatable bonds is 5. The summed E-state index contributed by atoms with van der Waals surface area (Å²) in [6.07, 6.45) is 0. The molecule has 0 bridgehead atoms. The van der Waals surface area contributed by atoms with Crippen LogP contribution in [-0.4, -0.2) is 15.0 Å². The van der Waals surface area contributed by atoms with Gasteiger partial charge in [0.05, 0.1) is 0 Å². The molecule has 8 aromatic carbocycles. The normalized spacial score (nSPS) is 11.5. The van der Waals surface area contributed by atoms with Crippen molar-refractivity contribution in [2.24, 2.45) is 0 Å². The molecule has 0 spiro atoms. The molecular formula is C47H29N3O. The maximum absolute atomic E-state index is 6.25. The van der Waals surface area contributed by atoms with E-state index < -0.39 is 0 Å². The van der Waals surface area contributed by atoms with E-state index in [1.807, 2.05) is 24.3 Å². The monoisotopic (exact) mass is 651 g/mol. The van der Waals surface area contributed by atoms with Crippen molar-refractivity contribution in [3.05, 3.63) is 176 Å². The van der Waals surface area contributed by atoms with Gasteiger partial charge in [-0.3, -0.25) is 0 Å². The molecule has 4 nitrogen and oxygen atoms in total. The van der Waals surface area contributed by atoms with Crippen LogP contribution >= 0.6 is 0 Å². The molecule has 0 radical (unpaired) electrons. The molecule has 0 saturated carbocycles. The van der Waals surface area contributed by atoms with Crippen LogP contribution in [0.3, 0.4) is 0 Å². The Hall–Kier alpha value is -6.91. The molecule has 10 aromatic rings. The Balaban J connectivity index is 1.18. The standard InChI is InChI=1S/C47H29N3O/c1-3-12-30(13-4-1)32-17-11-18-35(24-32)45-48-46(36-23-22-33-27-42-40-20-9-10-21-43(40)51-44(42)29-37(33)26-36)50-47(49-45)38-25-34-16-7-8-19-39(34)41(28-38)31-14-5-2-6-15-31/h1-29H. The first-order valence-electron chi connectivity index (χ1n) is 17.1. The zero-order valence-corrected chi connectivity index (χ0v) is 27.5. The third-order valence-electron chi connectivity index (χ3n) is 9.66. The minimum absolute atomic E-state index is 0.612. The summed E-state index contributed by atoms with van der Waals surface area (Å²) in [7, 11) is 0. The molecule has 0 amide bonds. The molecular weight excluding hydrogens is 623 g/mol. The minimum atomic E-state index is 0.612. The maximum atomic E-state index is 6.25. The molecule has 4 heteroatoms. The number of furan rings is 1. The molecule has 0 aliphatic rings. The first-order chi connectivity index (χ1) is 25.2. The Morgan fingerprint density at radius 3 is 1.71 bits per heavy atom. The van der Waals surface area contributed by atoms with Gasteiger partial charge in [-0.2, -0.15) is 0 Å². The molecule has 238 valence electrons. The predicted octanol–water partition coefficient (Wildman–Crippen LogP) is 12.4. The molecule has 0 unspecified atom stereocenters. The summed E-state index contributed by atoms with van der Waals surface area (Å²) < 4.78 is 6.25. The molecule has 0 N–H and O–H groups in total. The second-order valence-electron chi connectivity index (χ2n) is 12.9. The summed E-state index contributed by atoms with van der Waals surface area (Å²) in [5, 5.41) is 6.73. The van der Waals surface area contributed by atoms with Crippen LogP contribution in [0.1, 0.15) is 0 Å². The van der Waals surface area contributed by atoms with E-state index in [4.69, 9.17) is 19.4 Å². The third-order valence-corrected chi connectivity index (χ3v) is 9.66. The second kappa shape index (κ2) is 11.9. The van der Waals surface area contributed by atoms with E-state index in [-0.39, 0.29) is 0 Å². The van der Waals surface area contributed by atoms with Crippen LogP contribution in [0.25, 0.3) is 99.9 Å². The summed E-state index contributed by atoms with van der Waals surface area (Å²) in [5.41, 5.74) is 9.04. The van der Waals surface area contributed by atoms with Gasteiger partial charge in [-0.25, -0.2) is 15.0 Å². The number of aromatic nitrogens is 3. The van der Waals surface area contributed by atoms with Crippen LogP contribution < -0.4 is 0 Å². The SMILES string of the molecule is c1ccc(-c2cccc(-c3nc(-c4ccc5cc6c(cc5c4)oc4ccccc46)nc(-c4cc(-c5ccccc5)c5ccccc5c4)n3)c2)cc1. The zero-order chi connectivity index (χ0) is 33.7. The highest BCUT2D eigenvalue weighted by atomic mass is 16.3. The maximum Gasteiger partial charge on any atom is 0.164 e. The van der Waals surface area contributed by atoms with Gasteiger partial charge in [0.1, 0.15) is 11.2 Å². The topological polar surface area (TPSA) is 51.8 Å². The summed E-state index contributed by atoms with van der Waals surface area (Å²) in [6, 6.07) is 61.1. The summed E-state index contributed by atoms with van der Waals surface area (Å²) in [5.74, 6) is 1.85.